The number of hydrogen-bond acceptors (Lipinski definition) is 12. The van der Waals surface area contributed by atoms with Gasteiger partial charge >= 0.3 is 6.09 Å². The maximum Gasteiger partial charge on any atom is 0.407 e. The highest BCUT2D eigenvalue weighted by molar-refractivity contribution is 5.74. The molecule has 1 spiro atoms. The monoisotopic (exact) mass is 745 g/mol. The van der Waals surface area contributed by atoms with Crippen LogP contribution in [0.2, 0.25) is 0 Å². The zero-order chi connectivity index (χ0) is 37.3. The number of aromatic nitrogens is 2. The minimum atomic E-state index is -0.838. The number of carbonyl (C=O) groups is 1. The van der Waals surface area contributed by atoms with E-state index >= 15 is 0 Å². The summed E-state index contributed by atoms with van der Waals surface area (Å²) in [4.78, 5) is 20.4. The Balaban J connectivity index is 0.801. The highest BCUT2D eigenvalue weighted by Gasteiger charge is 2.40. The standard InChI is InChI=1S/C40H55N7O7/c1-50-29-53-37-11-6-5-10-34(37)35-25-36(38(41)43-42-35)46-15-13-40(54-28-46)12-7-14-45(27-40)19-21-52-33-23-32(24-33)51-20-18-44-16-17-47(39(48)49)31(26-44)22-30-8-3-2-4-9-30/h2-6,8-11,25,31-33H,7,12-24,26-29H2,1H3,(H2,41,43)(H,48,49). The number of para-hydroxylation sites is 1. The molecule has 54 heavy (non-hydrogen) atoms. The summed E-state index contributed by atoms with van der Waals surface area (Å²) in [5.74, 6) is 1.05. The Hall–Kier alpha value is -4.05. The molecule has 1 aromatic heterocycles. The molecule has 14 heteroatoms. The Labute approximate surface area is 318 Å². The molecule has 0 bridgehead atoms. The number of anilines is 2. The fourth-order valence-corrected chi connectivity index (χ4v) is 8.21. The van der Waals surface area contributed by atoms with E-state index < -0.39 is 6.09 Å². The number of nitrogen functional groups attached to an aromatic ring is 1. The number of amides is 1. The second-order valence-corrected chi connectivity index (χ2v) is 15.0. The van der Waals surface area contributed by atoms with Crippen molar-refractivity contribution in [2.24, 2.45) is 0 Å². The fourth-order valence-electron chi connectivity index (χ4n) is 8.21. The van der Waals surface area contributed by atoms with Crippen molar-refractivity contribution in [2.75, 3.05) is 96.8 Å². The number of rotatable bonds is 15. The van der Waals surface area contributed by atoms with Gasteiger partial charge in [-0.2, -0.15) is 0 Å². The van der Waals surface area contributed by atoms with Crippen LogP contribution >= 0.6 is 0 Å². The molecule has 1 saturated carbocycles. The third-order valence-corrected chi connectivity index (χ3v) is 11.3. The van der Waals surface area contributed by atoms with Gasteiger partial charge in [-0.15, -0.1) is 10.2 Å². The van der Waals surface area contributed by atoms with Gasteiger partial charge in [0.25, 0.3) is 0 Å². The summed E-state index contributed by atoms with van der Waals surface area (Å²) >= 11 is 0. The average Bonchev–Trinajstić information content (AvgIpc) is 3.17. The van der Waals surface area contributed by atoms with Crippen molar-refractivity contribution in [3.63, 3.8) is 0 Å². The Morgan fingerprint density at radius 3 is 2.44 bits per heavy atom. The van der Waals surface area contributed by atoms with Gasteiger partial charge in [-0.1, -0.05) is 42.5 Å². The zero-order valence-corrected chi connectivity index (χ0v) is 31.4. The molecular formula is C40H55N7O7. The molecule has 1 amide bonds. The Morgan fingerprint density at radius 2 is 1.70 bits per heavy atom. The number of piperidine rings is 1. The minimum Gasteiger partial charge on any atom is -0.467 e. The van der Waals surface area contributed by atoms with Crippen LogP contribution in [0.25, 0.3) is 11.3 Å². The average molecular weight is 746 g/mol. The van der Waals surface area contributed by atoms with E-state index in [1.54, 1.807) is 12.0 Å². The fraction of sp³-hybridized carbons (Fsp3) is 0.575. The summed E-state index contributed by atoms with van der Waals surface area (Å²) in [6, 6.07) is 19.7. The topological polar surface area (TPSA) is 148 Å². The Bertz CT molecular complexity index is 1650. The predicted molar refractivity (Wildman–Crippen MR) is 205 cm³/mol. The van der Waals surface area contributed by atoms with Crippen LogP contribution in [0.3, 0.4) is 0 Å². The molecule has 4 fully saturated rings. The first-order valence-electron chi connectivity index (χ1n) is 19.3. The van der Waals surface area contributed by atoms with Gasteiger partial charge in [0.2, 0.25) is 0 Å². The molecule has 3 aromatic rings. The largest absolute Gasteiger partial charge is 0.467 e. The summed E-state index contributed by atoms with van der Waals surface area (Å²) in [7, 11) is 1.59. The maximum atomic E-state index is 11.9. The molecule has 292 valence electrons. The highest BCUT2D eigenvalue weighted by atomic mass is 16.7. The molecule has 3 N–H and O–H groups in total. The van der Waals surface area contributed by atoms with Crippen molar-refractivity contribution < 1.29 is 33.6 Å². The lowest BCUT2D eigenvalue weighted by molar-refractivity contribution is -0.124. The zero-order valence-electron chi connectivity index (χ0n) is 31.4. The molecule has 2 unspecified atom stereocenters. The summed E-state index contributed by atoms with van der Waals surface area (Å²) < 4.78 is 30.0. The van der Waals surface area contributed by atoms with E-state index in [4.69, 9.17) is 29.4 Å². The first-order chi connectivity index (χ1) is 26.4. The van der Waals surface area contributed by atoms with Crippen LogP contribution in [-0.4, -0.2) is 146 Å². The Kier molecular flexibility index (Phi) is 12.8. The van der Waals surface area contributed by atoms with E-state index in [1.165, 1.54) is 0 Å². The van der Waals surface area contributed by atoms with Crippen molar-refractivity contribution in [3.8, 4) is 17.0 Å². The number of benzene rings is 2. The molecule has 4 heterocycles. The van der Waals surface area contributed by atoms with Gasteiger partial charge in [-0.3, -0.25) is 9.80 Å². The maximum absolute atomic E-state index is 11.9. The molecule has 3 aliphatic heterocycles. The van der Waals surface area contributed by atoms with Crippen LogP contribution in [0.4, 0.5) is 16.3 Å². The third-order valence-electron chi connectivity index (χ3n) is 11.3. The van der Waals surface area contributed by atoms with E-state index in [0.717, 1.165) is 101 Å². The van der Waals surface area contributed by atoms with Gasteiger partial charge in [-0.25, -0.2) is 4.79 Å². The number of methoxy groups -OCH3 is 1. The van der Waals surface area contributed by atoms with Gasteiger partial charge < -0.3 is 44.3 Å². The number of piperazine rings is 1. The van der Waals surface area contributed by atoms with Gasteiger partial charge in [0, 0.05) is 58.5 Å². The quantitative estimate of drug-likeness (QED) is 0.215. The molecule has 7 rings (SSSR count). The smallest absolute Gasteiger partial charge is 0.407 e. The summed E-state index contributed by atoms with van der Waals surface area (Å²) in [6.07, 6.45) is 5.24. The summed E-state index contributed by atoms with van der Waals surface area (Å²) in [6.45, 7) is 8.38. The van der Waals surface area contributed by atoms with Gasteiger partial charge in [-0.05, 0) is 68.8 Å². The van der Waals surface area contributed by atoms with Gasteiger partial charge in [0.15, 0.2) is 12.6 Å². The summed E-state index contributed by atoms with van der Waals surface area (Å²) in [5.41, 5.74) is 9.64. The lowest BCUT2D eigenvalue weighted by atomic mass is 9.88. The van der Waals surface area contributed by atoms with Gasteiger partial charge in [0.1, 0.15) is 12.5 Å². The second-order valence-electron chi connectivity index (χ2n) is 15.0. The Morgan fingerprint density at radius 1 is 0.944 bits per heavy atom. The van der Waals surface area contributed by atoms with Crippen molar-refractivity contribution in [2.45, 2.75) is 62.4 Å². The highest BCUT2D eigenvalue weighted by Crippen LogP contribution is 2.37. The third kappa shape index (κ3) is 9.60. The first kappa shape index (κ1) is 38.2. The lowest BCUT2D eigenvalue weighted by Crippen LogP contribution is -2.56. The predicted octanol–water partition coefficient (Wildman–Crippen LogP) is 4.20. The van der Waals surface area contributed by atoms with Crippen LogP contribution in [0, 0.1) is 0 Å². The van der Waals surface area contributed by atoms with Crippen LogP contribution in [0.5, 0.6) is 5.75 Å². The van der Waals surface area contributed by atoms with Crippen LogP contribution < -0.4 is 15.4 Å². The van der Waals surface area contributed by atoms with E-state index in [2.05, 4.69) is 37.0 Å². The van der Waals surface area contributed by atoms with Crippen molar-refractivity contribution in [1.82, 2.24) is 24.9 Å². The lowest BCUT2D eigenvalue weighted by Gasteiger charge is -2.48. The molecule has 3 saturated heterocycles. The van der Waals surface area contributed by atoms with E-state index in [9.17, 15) is 9.90 Å². The van der Waals surface area contributed by atoms with Crippen LogP contribution in [-0.2, 0) is 25.4 Å². The van der Waals surface area contributed by atoms with E-state index in [-0.39, 0.29) is 30.6 Å². The van der Waals surface area contributed by atoms with Crippen molar-refractivity contribution >= 4 is 17.6 Å². The number of ether oxygens (including phenoxy) is 5. The van der Waals surface area contributed by atoms with Crippen LogP contribution in [0.15, 0.2) is 60.7 Å². The summed E-state index contributed by atoms with van der Waals surface area (Å²) in [5, 5.41) is 18.4. The van der Waals surface area contributed by atoms with Crippen LogP contribution in [0.1, 0.15) is 37.7 Å². The normalized spacial score (nSPS) is 25.1. The number of carboxylic acid groups (broad SMARTS) is 1. The number of likely N-dealkylation sites (tertiary alicyclic amines) is 1. The molecule has 1 aliphatic carbocycles. The molecule has 14 nitrogen and oxygen atoms in total. The minimum absolute atomic E-state index is 0.0520. The van der Waals surface area contributed by atoms with Crippen molar-refractivity contribution in [3.05, 3.63) is 66.2 Å². The molecule has 2 aromatic carbocycles. The second kappa shape index (κ2) is 18.1. The number of nitrogens with two attached hydrogens (primary N) is 1. The first-order valence-corrected chi connectivity index (χ1v) is 19.3. The number of hydrogen-bond donors (Lipinski definition) is 2. The SMILES string of the molecule is COCOc1ccccc1-c1cc(N2CCC3(CCCN(CCOC4CC(OCCN5CCN(C(=O)O)C(Cc6ccccc6)C5)C4)C3)OC2)c(N)nn1. The molecule has 0 radical (unpaired) electrons. The molecule has 2 atom stereocenters. The van der Waals surface area contributed by atoms with Gasteiger partial charge in [0.05, 0.1) is 48.4 Å². The molecular weight excluding hydrogens is 690 g/mol. The van der Waals surface area contributed by atoms with Crippen molar-refractivity contribution in [1.29, 1.82) is 0 Å². The number of nitrogens with zero attached hydrogens (tertiary/aromatic N) is 6. The molecule has 4 aliphatic rings. The van der Waals surface area contributed by atoms with E-state index in [1.807, 2.05) is 48.5 Å². The van der Waals surface area contributed by atoms with E-state index in [0.29, 0.717) is 43.8 Å².